The lowest BCUT2D eigenvalue weighted by atomic mass is 9.99. The number of nitrogens with zero attached hydrogens (tertiary/aromatic N) is 5. The van der Waals surface area contributed by atoms with E-state index in [4.69, 9.17) is 9.97 Å². The molecule has 0 radical (unpaired) electrons. The largest absolute Gasteiger partial charge is 0.309 e. The summed E-state index contributed by atoms with van der Waals surface area (Å²) < 4.78 is 1.87. The van der Waals surface area contributed by atoms with Crippen LogP contribution in [-0.2, 0) is 6.54 Å². The molecule has 0 fully saturated rings. The van der Waals surface area contributed by atoms with Crippen LogP contribution < -0.4 is 5.32 Å². The van der Waals surface area contributed by atoms with Crippen LogP contribution in [0.5, 0.6) is 0 Å². The lowest BCUT2D eigenvalue weighted by Crippen LogP contribution is -2.19. The van der Waals surface area contributed by atoms with Crippen LogP contribution in [0.4, 0.5) is 11.5 Å². The van der Waals surface area contributed by atoms with Gasteiger partial charge in [0.05, 0.1) is 16.0 Å². The van der Waals surface area contributed by atoms with E-state index in [2.05, 4.69) is 25.2 Å². The lowest BCUT2D eigenvalue weighted by Gasteiger charge is -2.18. The highest BCUT2D eigenvalue weighted by atomic mass is 16.6. The second-order valence-corrected chi connectivity index (χ2v) is 8.51. The van der Waals surface area contributed by atoms with Gasteiger partial charge in [-0.1, -0.05) is 51.3 Å². The van der Waals surface area contributed by atoms with Gasteiger partial charge in [0, 0.05) is 24.2 Å². The number of amides is 1. The monoisotopic (exact) mass is 470 g/mol. The molecule has 0 unspecified atom stereocenters. The van der Waals surface area contributed by atoms with Crippen LogP contribution in [0, 0.1) is 27.4 Å². The van der Waals surface area contributed by atoms with E-state index >= 15 is 0 Å². The molecule has 0 aliphatic carbocycles. The summed E-state index contributed by atoms with van der Waals surface area (Å²) in [4.78, 5) is 33.3. The normalized spacial score (nSPS) is 11.9. The highest BCUT2D eigenvalue weighted by Gasteiger charge is 2.24. The van der Waals surface area contributed by atoms with Crippen LogP contribution in [-0.4, -0.2) is 25.4 Å². The second-order valence-electron chi connectivity index (χ2n) is 8.51. The Hall–Kier alpha value is -4.32. The maximum absolute atomic E-state index is 13.2. The van der Waals surface area contributed by atoms with Gasteiger partial charge in [-0.15, -0.1) is 0 Å². The van der Waals surface area contributed by atoms with E-state index in [1.54, 1.807) is 0 Å². The average molecular weight is 471 g/mol. The first-order valence-electron chi connectivity index (χ1n) is 11.7. The number of hydrogen-bond acceptors (Lipinski definition) is 6. The Morgan fingerprint density at radius 3 is 2.57 bits per heavy atom. The van der Waals surface area contributed by atoms with Crippen molar-refractivity contribution in [3.8, 4) is 6.07 Å². The Morgan fingerprint density at radius 1 is 1.17 bits per heavy atom. The average Bonchev–Trinajstić information content (AvgIpc) is 3.15. The summed E-state index contributed by atoms with van der Waals surface area (Å²) in [5.74, 6) is 0.0866. The molecule has 4 rings (SSSR count). The number of rotatable bonds is 9. The Balaban J connectivity index is 1.86. The van der Waals surface area contributed by atoms with Gasteiger partial charge in [-0.3, -0.25) is 14.9 Å². The van der Waals surface area contributed by atoms with Crippen LogP contribution in [0.15, 0.2) is 48.5 Å². The zero-order valence-corrected chi connectivity index (χ0v) is 19.7. The zero-order valence-electron chi connectivity index (χ0n) is 19.7. The molecule has 1 atom stereocenters. The first-order chi connectivity index (χ1) is 17.0. The molecule has 2 heterocycles. The predicted molar refractivity (Wildman–Crippen MR) is 134 cm³/mol. The Morgan fingerprint density at radius 2 is 1.91 bits per heavy atom. The van der Waals surface area contributed by atoms with Crippen molar-refractivity contribution in [3.63, 3.8) is 0 Å². The molecule has 178 valence electrons. The quantitative estimate of drug-likeness (QED) is 0.242. The van der Waals surface area contributed by atoms with Crippen LogP contribution in [0.1, 0.15) is 55.5 Å². The fraction of sp³-hybridized carbons (Fsp3) is 0.308. The highest BCUT2D eigenvalue weighted by molar-refractivity contribution is 6.07. The summed E-state index contributed by atoms with van der Waals surface area (Å²) in [6.45, 7) is 4.83. The van der Waals surface area contributed by atoms with Gasteiger partial charge >= 0.3 is 0 Å². The van der Waals surface area contributed by atoms with Crippen LogP contribution in [0.3, 0.4) is 0 Å². The van der Waals surface area contributed by atoms with E-state index in [1.807, 2.05) is 28.8 Å². The first-order valence-corrected chi connectivity index (χ1v) is 11.7. The number of anilines is 1. The van der Waals surface area contributed by atoms with Crippen molar-refractivity contribution >= 4 is 39.6 Å². The van der Waals surface area contributed by atoms with Crippen molar-refractivity contribution < 1.29 is 9.72 Å². The molecular weight excluding hydrogens is 444 g/mol. The third kappa shape index (κ3) is 4.82. The van der Waals surface area contributed by atoms with Crippen molar-refractivity contribution in [1.82, 2.24) is 14.5 Å². The van der Waals surface area contributed by atoms with E-state index in [1.165, 1.54) is 24.3 Å². The second kappa shape index (κ2) is 10.3. The summed E-state index contributed by atoms with van der Waals surface area (Å²) >= 11 is 0. The molecule has 0 saturated carbocycles. The number of aromatic nitrogens is 3. The number of nitrogens with one attached hydrogen (secondary N) is 1. The number of unbranched alkanes of at least 4 members (excludes halogenated alkanes) is 1. The number of nitriles is 1. The van der Waals surface area contributed by atoms with E-state index in [-0.39, 0.29) is 16.8 Å². The molecule has 0 aliphatic heterocycles. The summed E-state index contributed by atoms with van der Waals surface area (Å²) in [5, 5.41) is 24.1. The third-order valence-electron chi connectivity index (χ3n) is 6.20. The molecule has 1 N–H and O–H groups in total. The predicted octanol–water partition coefficient (Wildman–Crippen LogP) is 5.83. The van der Waals surface area contributed by atoms with Gasteiger partial charge in [-0.05, 0) is 30.5 Å². The molecule has 0 saturated heterocycles. The minimum Gasteiger partial charge on any atom is -0.309 e. The topological polar surface area (TPSA) is 127 Å². The number of fused-ring (bicyclic) bond motifs is 2. The number of nitro benzene ring substituents is 1. The van der Waals surface area contributed by atoms with Gasteiger partial charge in [-0.2, -0.15) is 5.26 Å². The minimum atomic E-state index is -0.548. The fourth-order valence-corrected chi connectivity index (χ4v) is 4.23. The van der Waals surface area contributed by atoms with E-state index in [9.17, 15) is 20.2 Å². The molecular formula is C26H26N6O3. The number of non-ortho nitro benzene ring substituents is 1. The maximum Gasteiger partial charge on any atom is 0.270 e. The van der Waals surface area contributed by atoms with Crippen molar-refractivity contribution in [2.45, 2.75) is 46.1 Å². The molecule has 9 nitrogen and oxygen atoms in total. The van der Waals surface area contributed by atoms with Crippen molar-refractivity contribution in [2.24, 2.45) is 5.92 Å². The number of carbonyl (C=O) groups is 1. The van der Waals surface area contributed by atoms with E-state index in [0.717, 1.165) is 25.7 Å². The van der Waals surface area contributed by atoms with Crippen molar-refractivity contribution in [1.29, 1.82) is 5.26 Å². The molecule has 4 aromatic rings. The zero-order chi connectivity index (χ0) is 24.9. The molecule has 2 aromatic carbocycles. The number of nitro groups is 1. The van der Waals surface area contributed by atoms with Crippen LogP contribution in [0.2, 0.25) is 0 Å². The number of hydrogen-bond donors (Lipinski definition) is 1. The molecule has 1 amide bonds. The SMILES string of the molecule is CCCC[C@H](CC)Cn1c(NC(=O)c2cccc([N+](=O)[O-])c2)c(C#N)c2nc3ccccc3nc21. The van der Waals surface area contributed by atoms with E-state index < -0.39 is 10.8 Å². The molecule has 0 aliphatic rings. The molecule has 0 bridgehead atoms. The summed E-state index contributed by atoms with van der Waals surface area (Å²) in [7, 11) is 0. The van der Waals surface area contributed by atoms with Crippen molar-refractivity contribution in [3.05, 3.63) is 69.8 Å². The van der Waals surface area contributed by atoms with Gasteiger partial charge in [0.15, 0.2) is 5.65 Å². The Labute approximate surface area is 202 Å². The van der Waals surface area contributed by atoms with Crippen molar-refractivity contribution in [2.75, 3.05) is 5.32 Å². The van der Waals surface area contributed by atoms with Gasteiger partial charge in [0.2, 0.25) is 0 Å². The minimum absolute atomic E-state index is 0.129. The molecule has 0 spiro atoms. The van der Waals surface area contributed by atoms with Gasteiger partial charge < -0.3 is 9.88 Å². The van der Waals surface area contributed by atoms with Gasteiger partial charge in [0.1, 0.15) is 23.0 Å². The smallest absolute Gasteiger partial charge is 0.270 e. The van der Waals surface area contributed by atoms with Crippen LogP contribution >= 0.6 is 0 Å². The molecule has 2 aromatic heterocycles. The number of benzene rings is 2. The highest BCUT2D eigenvalue weighted by Crippen LogP contribution is 2.32. The molecule has 35 heavy (non-hydrogen) atoms. The van der Waals surface area contributed by atoms with Gasteiger partial charge in [0.25, 0.3) is 11.6 Å². The number of para-hydroxylation sites is 2. The Bertz CT molecular complexity index is 1450. The van der Waals surface area contributed by atoms with Gasteiger partial charge in [-0.25, -0.2) is 9.97 Å². The maximum atomic E-state index is 13.2. The lowest BCUT2D eigenvalue weighted by molar-refractivity contribution is -0.384. The standard InChI is InChI=1S/C26H26N6O3/c1-3-5-9-17(4-2)16-31-24(30-26(33)18-10-8-11-19(14-18)32(34)35)20(15-27)23-25(31)29-22-13-7-6-12-21(22)28-23/h6-8,10-14,17H,3-5,9,16H2,1-2H3,(H,30,33)/t17-/m0/s1. The van der Waals surface area contributed by atoms with Crippen LogP contribution in [0.25, 0.3) is 22.2 Å². The van der Waals surface area contributed by atoms with E-state index in [0.29, 0.717) is 40.5 Å². The fourth-order valence-electron chi connectivity index (χ4n) is 4.23. The number of carbonyl (C=O) groups excluding carboxylic acids is 1. The molecule has 9 heteroatoms. The third-order valence-corrected chi connectivity index (χ3v) is 6.20. The first kappa shape index (κ1) is 23.8. The summed E-state index contributed by atoms with van der Waals surface area (Å²) in [5.41, 5.74) is 2.48. The summed E-state index contributed by atoms with van der Waals surface area (Å²) in [6.07, 6.45) is 4.09. The summed E-state index contributed by atoms with van der Waals surface area (Å²) in [6, 6.07) is 15.1. The Kier molecular flexibility index (Phi) is 7.01.